The molecule has 10 nitrogen and oxygen atoms in total. The van der Waals surface area contributed by atoms with E-state index >= 15 is 0 Å². The Morgan fingerprint density at radius 3 is 2.59 bits per heavy atom. The van der Waals surface area contributed by atoms with E-state index in [0.29, 0.717) is 22.3 Å². The van der Waals surface area contributed by atoms with E-state index in [0.717, 1.165) is 0 Å². The monoisotopic (exact) mass is 435 g/mol. The first-order chi connectivity index (χ1) is 15.4. The number of nitrogens with one attached hydrogen (secondary N) is 4. The molecule has 2 heterocycles. The molecule has 10 heteroatoms. The predicted octanol–water partition coefficient (Wildman–Crippen LogP) is 0.337. The Labute approximate surface area is 181 Å². The molecule has 0 spiro atoms. The van der Waals surface area contributed by atoms with E-state index in [9.17, 15) is 24.0 Å². The number of rotatable bonds is 6. The lowest BCUT2D eigenvalue weighted by Gasteiger charge is -2.14. The molecule has 32 heavy (non-hydrogen) atoms. The third-order valence-corrected chi connectivity index (χ3v) is 5.25. The van der Waals surface area contributed by atoms with Crippen molar-refractivity contribution in [3.05, 3.63) is 74.8 Å². The molecule has 1 unspecified atom stereocenters. The van der Waals surface area contributed by atoms with Crippen LogP contribution < -0.4 is 27.1 Å². The molecule has 4 rings (SSSR count). The van der Waals surface area contributed by atoms with Crippen LogP contribution in [-0.2, 0) is 16.1 Å². The Kier molecular flexibility index (Phi) is 5.84. The molecule has 0 bridgehead atoms. The van der Waals surface area contributed by atoms with Crippen molar-refractivity contribution < 1.29 is 14.4 Å². The number of amides is 3. The smallest absolute Gasteiger partial charge is 0.316 e. The second-order valence-electron chi connectivity index (χ2n) is 7.38. The summed E-state index contributed by atoms with van der Waals surface area (Å²) in [6.07, 6.45) is 0.116. The van der Waals surface area contributed by atoms with Gasteiger partial charge in [0.05, 0.1) is 22.3 Å². The van der Waals surface area contributed by atoms with Crippen LogP contribution in [0, 0.1) is 0 Å². The predicted molar refractivity (Wildman–Crippen MR) is 117 cm³/mol. The van der Waals surface area contributed by atoms with Gasteiger partial charge in [-0.1, -0.05) is 24.3 Å². The molecule has 1 aliphatic heterocycles. The summed E-state index contributed by atoms with van der Waals surface area (Å²) in [5.74, 6) is -1.11. The van der Waals surface area contributed by atoms with Crippen molar-refractivity contribution in [1.29, 1.82) is 0 Å². The highest BCUT2D eigenvalue weighted by Gasteiger charge is 2.27. The molecule has 0 saturated heterocycles. The Hall–Kier alpha value is -4.21. The largest absolute Gasteiger partial charge is 0.354 e. The van der Waals surface area contributed by atoms with E-state index in [4.69, 9.17) is 0 Å². The Morgan fingerprint density at radius 1 is 1.00 bits per heavy atom. The van der Waals surface area contributed by atoms with Gasteiger partial charge in [-0.3, -0.25) is 24.0 Å². The first-order valence-electron chi connectivity index (χ1n) is 10.1. The number of aromatic amines is 1. The molecule has 1 aliphatic rings. The summed E-state index contributed by atoms with van der Waals surface area (Å²) in [5.41, 5.74) is 0.450. The zero-order chi connectivity index (χ0) is 22.7. The van der Waals surface area contributed by atoms with Crippen LogP contribution in [0.1, 0.15) is 23.2 Å². The van der Waals surface area contributed by atoms with Crippen molar-refractivity contribution in [2.45, 2.75) is 25.4 Å². The quantitative estimate of drug-likeness (QED) is 0.413. The van der Waals surface area contributed by atoms with Crippen molar-refractivity contribution in [3.8, 4) is 0 Å². The maximum Gasteiger partial charge on any atom is 0.316 e. The average molecular weight is 435 g/mol. The lowest BCUT2D eigenvalue weighted by Crippen LogP contribution is -2.42. The lowest BCUT2D eigenvalue weighted by atomic mass is 10.1. The summed E-state index contributed by atoms with van der Waals surface area (Å²) in [6.45, 7) is 0.242. The number of H-pyrrole nitrogens is 1. The highest BCUT2D eigenvalue weighted by molar-refractivity contribution is 6.09. The molecule has 4 N–H and O–H groups in total. The second kappa shape index (κ2) is 8.88. The van der Waals surface area contributed by atoms with Gasteiger partial charge in [0.2, 0.25) is 11.8 Å². The minimum atomic E-state index is -0.847. The summed E-state index contributed by atoms with van der Waals surface area (Å²) in [7, 11) is 0. The third kappa shape index (κ3) is 4.29. The minimum absolute atomic E-state index is 0.000266. The van der Waals surface area contributed by atoms with Gasteiger partial charge in [0.15, 0.2) is 0 Å². The summed E-state index contributed by atoms with van der Waals surface area (Å²) in [4.78, 5) is 63.6. The lowest BCUT2D eigenvalue weighted by molar-refractivity contribution is -0.121. The first-order valence-corrected chi connectivity index (χ1v) is 10.1. The highest BCUT2D eigenvalue weighted by atomic mass is 16.2. The maximum absolute atomic E-state index is 12.4. The van der Waals surface area contributed by atoms with Crippen molar-refractivity contribution in [3.63, 3.8) is 0 Å². The van der Waals surface area contributed by atoms with Crippen LogP contribution in [-0.4, -0.2) is 39.9 Å². The van der Waals surface area contributed by atoms with E-state index in [1.807, 2.05) is 0 Å². The molecule has 0 fully saturated rings. The number of carbonyl (C=O) groups excluding carboxylic acids is 3. The molecule has 3 aromatic rings. The van der Waals surface area contributed by atoms with Gasteiger partial charge >= 0.3 is 11.1 Å². The van der Waals surface area contributed by atoms with Crippen LogP contribution >= 0.6 is 0 Å². The SMILES string of the molecule is O=C(CCC1NC(=O)c2ccccc2NC1=O)NCCn1c(=O)c(=O)[nH]c2ccccc21. The topological polar surface area (TPSA) is 142 Å². The van der Waals surface area contributed by atoms with Crippen LogP contribution in [0.15, 0.2) is 58.1 Å². The number of benzene rings is 2. The molecule has 0 aliphatic carbocycles. The highest BCUT2D eigenvalue weighted by Crippen LogP contribution is 2.19. The van der Waals surface area contributed by atoms with Crippen LogP contribution in [0.5, 0.6) is 0 Å². The molecule has 2 aromatic carbocycles. The zero-order valence-electron chi connectivity index (χ0n) is 17.0. The Bertz CT molecular complexity index is 1330. The van der Waals surface area contributed by atoms with E-state index in [1.165, 1.54) is 4.57 Å². The van der Waals surface area contributed by atoms with Gasteiger partial charge in [-0.15, -0.1) is 0 Å². The van der Waals surface area contributed by atoms with Crippen molar-refractivity contribution >= 4 is 34.4 Å². The summed E-state index contributed by atoms with van der Waals surface area (Å²) in [5, 5.41) is 8.02. The number of hydrogen-bond donors (Lipinski definition) is 4. The fourth-order valence-corrected chi connectivity index (χ4v) is 3.63. The van der Waals surface area contributed by atoms with E-state index in [1.54, 1.807) is 48.5 Å². The molecule has 1 aromatic heterocycles. The molecule has 164 valence electrons. The van der Waals surface area contributed by atoms with Gasteiger partial charge in [-0.05, 0) is 30.7 Å². The summed E-state index contributed by atoms with van der Waals surface area (Å²) < 4.78 is 1.31. The standard InChI is InChI=1S/C22H21N5O5/c28-18(10-9-16-20(30)24-14-6-2-1-5-13(14)19(29)26-16)23-11-12-27-17-8-4-3-7-15(17)25-21(31)22(27)32/h1-8,16H,9-12H2,(H,23,28)(H,24,30)(H,25,31)(H,26,29). The van der Waals surface area contributed by atoms with Gasteiger partial charge in [-0.25, -0.2) is 0 Å². The van der Waals surface area contributed by atoms with Crippen LogP contribution in [0.3, 0.4) is 0 Å². The van der Waals surface area contributed by atoms with Gasteiger partial charge in [0.25, 0.3) is 5.91 Å². The number of carbonyl (C=O) groups is 3. The number of nitrogens with zero attached hydrogens (tertiary/aromatic N) is 1. The van der Waals surface area contributed by atoms with Crippen LogP contribution in [0.2, 0.25) is 0 Å². The molecular formula is C22H21N5O5. The van der Waals surface area contributed by atoms with Gasteiger partial charge in [0, 0.05) is 19.5 Å². The molecule has 3 amide bonds. The third-order valence-electron chi connectivity index (χ3n) is 5.25. The van der Waals surface area contributed by atoms with Crippen LogP contribution in [0.4, 0.5) is 5.69 Å². The van der Waals surface area contributed by atoms with E-state index in [2.05, 4.69) is 20.9 Å². The molecule has 0 saturated carbocycles. The molecule has 1 atom stereocenters. The minimum Gasteiger partial charge on any atom is -0.354 e. The average Bonchev–Trinajstić information content (AvgIpc) is 2.90. The van der Waals surface area contributed by atoms with Crippen molar-refractivity contribution in [1.82, 2.24) is 20.2 Å². The molecular weight excluding hydrogens is 414 g/mol. The maximum atomic E-state index is 12.4. The summed E-state index contributed by atoms with van der Waals surface area (Å²) in [6, 6.07) is 12.7. The normalized spacial score (nSPS) is 15.4. The number of fused-ring (bicyclic) bond motifs is 2. The van der Waals surface area contributed by atoms with Gasteiger partial charge in [0.1, 0.15) is 6.04 Å². The van der Waals surface area contributed by atoms with Crippen molar-refractivity contribution in [2.24, 2.45) is 0 Å². The fourth-order valence-electron chi connectivity index (χ4n) is 3.63. The zero-order valence-corrected chi connectivity index (χ0v) is 17.0. The Balaban J connectivity index is 1.34. The van der Waals surface area contributed by atoms with Gasteiger partial charge in [-0.2, -0.15) is 0 Å². The van der Waals surface area contributed by atoms with Crippen molar-refractivity contribution in [2.75, 3.05) is 11.9 Å². The number of hydrogen-bond acceptors (Lipinski definition) is 5. The number of anilines is 1. The molecule has 0 radical (unpaired) electrons. The van der Waals surface area contributed by atoms with E-state index < -0.39 is 23.1 Å². The van der Waals surface area contributed by atoms with Crippen LogP contribution in [0.25, 0.3) is 11.0 Å². The fraction of sp³-hybridized carbons (Fsp3) is 0.227. The van der Waals surface area contributed by atoms with E-state index in [-0.39, 0.29) is 37.7 Å². The number of para-hydroxylation sites is 3. The Morgan fingerprint density at radius 2 is 1.75 bits per heavy atom. The second-order valence-corrected chi connectivity index (χ2v) is 7.38. The summed E-state index contributed by atoms with van der Waals surface area (Å²) >= 11 is 0. The van der Waals surface area contributed by atoms with Gasteiger partial charge < -0.3 is 25.5 Å². The first kappa shape index (κ1) is 21.0. The number of aromatic nitrogens is 2.